The summed E-state index contributed by atoms with van der Waals surface area (Å²) in [5.41, 5.74) is 1.27. The van der Waals surface area contributed by atoms with Crippen LogP contribution in [0.1, 0.15) is 22.3 Å². The number of carbonyl (C=O) groups excluding carboxylic acids is 1. The van der Waals surface area contributed by atoms with Gasteiger partial charge in [0.1, 0.15) is 5.01 Å². The lowest BCUT2D eigenvalue weighted by Gasteiger charge is -2.06. The van der Waals surface area contributed by atoms with Crippen molar-refractivity contribution in [3.05, 3.63) is 89.6 Å². The van der Waals surface area contributed by atoms with Gasteiger partial charge in [-0.25, -0.2) is 8.42 Å². The quantitative estimate of drug-likeness (QED) is 0.285. The Morgan fingerprint density at radius 3 is 2.50 bits per heavy atom. The number of rotatable bonds is 8. The summed E-state index contributed by atoms with van der Waals surface area (Å²) in [5, 5.41) is 13.6. The monoisotopic (exact) mass is 464 g/mol. The maximum Gasteiger partial charge on any atom is 0.263 e. The van der Waals surface area contributed by atoms with Crippen LogP contribution in [-0.2, 0) is 16.4 Å². The van der Waals surface area contributed by atoms with Gasteiger partial charge in [0.15, 0.2) is 5.78 Å². The highest BCUT2D eigenvalue weighted by Crippen LogP contribution is 2.22. The van der Waals surface area contributed by atoms with Crippen LogP contribution in [0.2, 0.25) is 0 Å². The third-order valence-electron chi connectivity index (χ3n) is 4.70. The van der Waals surface area contributed by atoms with Crippen molar-refractivity contribution in [2.45, 2.75) is 18.2 Å². The van der Waals surface area contributed by atoms with E-state index in [9.17, 15) is 13.2 Å². The molecule has 4 aromatic rings. The Morgan fingerprint density at radius 1 is 1.00 bits per heavy atom. The maximum absolute atomic E-state index is 12.6. The zero-order valence-electron chi connectivity index (χ0n) is 17.1. The number of allylic oxidation sites excluding steroid dienone is 1. The van der Waals surface area contributed by atoms with E-state index in [1.54, 1.807) is 24.4 Å². The molecule has 0 fully saturated rings. The van der Waals surface area contributed by atoms with E-state index >= 15 is 0 Å². The number of fused-ring (bicyclic) bond motifs is 1. The van der Waals surface area contributed by atoms with Crippen LogP contribution in [0, 0.1) is 0 Å². The average Bonchev–Trinajstić information content (AvgIpc) is 3.26. The van der Waals surface area contributed by atoms with Crippen LogP contribution in [-0.4, -0.2) is 24.4 Å². The molecule has 0 aliphatic heterocycles. The third kappa shape index (κ3) is 4.84. The van der Waals surface area contributed by atoms with Crippen molar-refractivity contribution in [2.24, 2.45) is 0 Å². The Bertz CT molecular complexity index is 1390. The summed E-state index contributed by atoms with van der Waals surface area (Å²) in [6.07, 6.45) is 3.68. The van der Waals surface area contributed by atoms with E-state index in [1.165, 1.54) is 29.5 Å². The number of sulfonamides is 1. The van der Waals surface area contributed by atoms with Crippen molar-refractivity contribution in [3.8, 4) is 0 Å². The summed E-state index contributed by atoms with van der Waals surface area (Å²) < 4.78 is 27.5. The van der Waals surface area contributed by atoms with Crippen LogP contribution in [0.4, 0.5) is 10.8 Å². The second-order valence-electron chi connectivity index (χ2n) is 6.85. The molecule has 0 aliphatic carbocycles. The molecule has 1 heterocycles. The maximum atomic E-state index is 12.6. The third-order valence-corrected chi connectivity index (χ3v) is 7.16. The molecule has 3 aromatic carbocycles. The molecule has 0 spiro atoms. The first kappa shape index (κ1) is 21.7. The normalized spacial score (nSPS) is 11.7. The molecule has 2 N–H and O–H groups in total. The van der Waals surface area contributed by atoms with E-state index in [1.807, 2.05) is 43.3 Å². The van der Waals surface area contributed by atoms with Gasteiger partial charge >= 0.3 is 0 Å². The SMILES string of the molecule is CCc1nnc(NS(=O)(=O)c2ccc(N/C=C\C(=O)c3cccc4ccccc34)cc2)s1. The summed E-state index contributed by atoms with van der Waals surface area (Å²) in [6.45, 7) is 1.93. The minimum absolute atomic E-state index is 0.104. The summed E-state index contributed by atoms with van der Waals surface area (Å²) in [6, 6.07) is 19.5. The van der Waals surface area contributed by atoms with Gasteiger partial charge in [-0.15, -0.1) is 10.2 Å². The fourth-order valence-corrected chi connectivity index (χ4v) is 5.00. The van der Waals surface area contributed by atoms with E-state index in [4.69, 9.17) is 0 Å². The molecule has 32 heavy (non-hydrogen) atoms. The van der Waals surface area contributed by atoms with Gasteiger partial charge < -0.3 is 5.32 Å². The van der Waals surface area contributed by atoms with E-state index < -0.39 is 10.0 Å². The van der Waals surface area contributed by atoms with E-state index in [-0.39, 0.29) is 15.8 Å². The van der Waals surface area contributed by atoms with Gasteiger partial charge in [0.25, 0.3) is 10.0 Å². The lowest BCUT2D eigenvalue weighted by Crippen LogP contribution is -2.12. The summed E-state index contributed by atoms with van der Waals surface area (Å²) in [4.78, 5) is 12.7. The van der Waals surface area contributed by atoms with Crippen molar-refractivity contribution in [1.29, 1.82) is 0 Å². The molecule has 4 rings (SSSR count). The predicted octanol–water partition coefficient (Wildman–Crippen LogP) is 4.86. The standard InChI is InChI=1S/C23H20N4O3S2/c1-2-22-25-26-23(31-22)27-32(29,30)18-12-10-17(11-13-18)24-15-14-21(28)20-9-5-7-16-6-3-4-8-19(16)20/h3-15,24H,2H2,1H3,(H,26,27)/b15-14-. The summed E-state index contributed by atoms with van der Waals surface area (Å²) in [5.74, 6) is -0.124. The van der Waals surface area contributed by atoms with Crippen LogP contribution in [0.5, 0.6) is 0 Å². The number of nitrogens with one attached hydrogen (secondary N) is 2. The summed E-state index contributed by atoms with van der Waals surface area (Å²) in [7, 11) is -3.76. The molecule has 0 aliphatic rings. The molecule has 162 valence electrons. The lowest BCUT2D eigenvalue weighted by molar-refractivity contribution is 0.104. The minimum atomic E-state index is -3.76. The highest BCUT2D eigenvalue weighted by Gasteiger charge is 2.16. The number of carbonyl (C=O) groups is 1. The van der Waals surface area contributed by atoms with Gasteiger partial charge in [0.2, 0.25) is 5.13 Å². The summed E-state index contributed by atoms with van der Waals surface area (Å²) >= 11 is 1.20. The van der Waals surface area contributed by atoms with Crippen molar-refractivity contribution < 1.29 is 13.2 Å². The molecular formula is C23H20N4O3S2. The van der Waals surface area contributed by atoms with E-state index in [0.29, 0.717) is 17.7 Å². The first-order valence-corrected chi connectivity index (χ1v) is 12.2. The van der Waals surface area contributed by atoms with Crippen molar-refractivity contribution in [1.82, 2.24) is 10.2 Å². The lowest BCUT2D eigenvalue weighted by atomic mass is 10.0. The van der Waals surface area contributed by atoms with Gasteiger partial charge in [-0.1, -0.05) is 60.7 Å². The minimum Gasteiger partial charge on any atom is -0.362 e. The number of aromatic nitrogens is 2. The Balaban J connectivity index is 1.42. The molecule has 0 saturated heterocycles. The molecule has 0 bridgehead atoms. The Morgan fingerprint density at radius 2 is 1.75 bits per heavy atom. The number of hydrogen-bond acceptors (Lipinski definition) is 7. The molecule has 9 heteroatoms. The number of benzene rings is 3. The van der Waals surface area contributed by atoms with Crippen LogP contribution in [0.25, 0.3) is 10.8 Å². The van der Waals surface area contributed by atoms with Crippen LogP contribution in [0.3, 0.4) is 0 Å². The second kappa shape index (κ2) is 9.29. The molecule has 0 radical (unpaired) electrons. The van der Waals surface area contributed by atoms with E-state index in [0.717, 1.165) is 15.8 Å². The Kier molecular flexibility index (Phi) is 6.29. The molecule has 7 nitrogen and oxygen atoms in total. The second-order valence-corrected chi connectivity index (χ2v) is 9.60. The average molecular weight is 465 g/mol. The van der Waals surface area contributed by atoms with Gasteiger partial charge in [-0.2, -0.15) is 0 Å². The molecule has 0 unspecified atom stereocenters. The van der Waals surface area contributed by atoms with Gasteiger partial charge in [0.05, 0.1) is 4.90 Å². The van der Waals surface area contributed by atoms with Crippen molar-refractivity contribution in [2.75, 3.05) is 10.0 Å². The highest BCUT2D eigenvalue weighted by atomic mass is 32.2. The van der Waals surface area contributed by atoms with Crippen molar-refractivity contribution >= 4 is 48.7 Å². The highest BCUT2D eigenvalue weighted by molar-refractivity contribution is 7.93. The topological polar surface area (TPSA) is 101 Å². The first-order chi connectivity index (χ1) is 15.5. The number of hydrogen-bond donors (Lipinski definition) is 2. The van der Waals surface area contributed by atoms with Crippen LogP contribution in [0.15, 0.2) is 83.9 Å². The predicted molar refractivity (Wildman–Crippen MR) is 128 cm³/mol. The Hall–Kier alpha value is -3.56. The molecule has 0 atom stereocenters. The fourth-order valence-electron chi connectivity index (χ4n) is 3.09. The van der Waals surface area contributed by atoms with Crippen molar-refractivity contribution in [3.63, 3.8) is 0 Å². The molecule has 1 aromatic heterocycles. The molecular weight excluding hydrogens is 444 g/mol. The zero-order valence-corrected chi connectivity index (χ0v) is 18.8. The van der Waals surface area contributed by atoms with Gasteiger partial charge in [-0.3, -0.25) is 9.52 Å². The number of ketones is 1. The van der Waals surface area contributed by atoms with Gasteiger partial charge in [-0.05, 0) is 41.5 Å². The number of aryl methyl sites for hydroxylation is 1. The Labute approximate surface area is 189 Å². The number of nitrogens with zero attached hydrogens (tertiary/aromatic N) is 2. The molecule has 0 saturated carbocycles. The largest absolute Gasteiger partial charge is 0.362 e. The fraction of sp³-hybridized carbons (Fsp3) is 0.0870. The molecule has 0 amide bonds. The smallest absolute Gasteiger partial charge is 0.263 e. The van der Waals surface area contributed by atoms with Crippen LogP contribution >= 0.6 is 11.3 Å². The number of anilines is 2. The van der Waals surface area contributed by atoms with E-state index in [2.05, 4.69) is 20.2 Å². The van der Waals surface area contributed by atoms with Crippen LogP contribution < -0.4 is 10.0 Å². The van der Waals surface area contributed by atoms with Gasteiger partial charge in [0, 0.05) is 23.5 Å². The zero-order chi connectivity index (χ0) is 22.6. The first-order valence-electron chi connectivity index (χ1n) is 9.87.